The molecule has 1 aromatic heterocycles. The molecule has 0 unspecified atom stereocenters. The number of carbonyl (C=O) groups excluding carboxylic acids is 1. The van der Waals surface area contributed by atoms with Crippen LogP contribution in [0, 0.1) is 13.8 Å². The largest absolute Gasteiger partial charge is 0.496 e. The van der Waals surface area contributed by atoms with Crippen LogP contribution in [0.15, 0.2) is 28.7 Å². The van der Waals surface area contributed by atoms with Crippen molar-refractivity contribution in [2.45, 2.75) is 26.8 Å². The smallest absolute Gasteiger partial charge is 0.291 e. The molecule has 3 rings (SSSR count). The zero-order valence-electron chi connectivity index (χ0n) is 15.3. The van der Waals surface area contributed by atoms with Crippen molar-refractivity contribution in [3.63, 3.8) is 0 Å². The Hall–Kier alpha value is -2.34. The molecule has 1 fully saturated rings. The SMILES string of the molecule is COc1ccccc1[C@@H](C)N1CCN(C(=O)c2oc(C)nc2C)CC1. The Kier molecular flexibility index (Phi) is 5.08. The number of benzene rings is 1. The summed E-state index contributed by atoms with van der Waals surface area (Å²) in [4.78, 5) is 21.0. The highest BCUT2D eigenvalue weighted by atomic mass is 16.5. The summed E-state index contributed by atoms with van der Waals surface area (Å²) in [7, 11) is 1.70. The van der Waals surface area contributed by atoms with E-state index in [9.17, 15) is 4.79 Å². The Labute approximate surface area is 148 Å². The summed E-state index contributed by atoms with van der Waals surface area (Å²) in [6.07, 6.45) is 0. The van der Waals surface area contributed by atoms with Crippen molar-refractivity contribution in [1.82, 2.24) is 14.8 Å². The van der Waals surface area contributed by atoms with Gasteiger partial charge in [-0.1, -0.05) is 18.2 Å². The molecular formula is C19H25N3O3. The van der Waals surface area contributed by atoms with Gasteiger partial charge in [0.05, 0.1) is 12.8 Å². The highest BCUT2D eigenvalue weighted by molar-refractivity contribution is 5.92. The minimum atomic E-state index is -0.0669. The van der Waals surface area contributed by atoms with E-state index in [1.165, 1.54) is 5.56 Å². The van der Waals surface area contributed by atoms with E-state index >= 15 is 0 Å². The predicted octanol–water partition coefficient (Wildman–Crippen LogP) is 2.82. The quantitative estimate of drug-likeness (QED) is 0.854. The average Bonchev–Trinajstić information content (AvgIpc) is 2.98. The molecule has 2 heterocycles. The monoisotopic (exact) mass is 343 g/mol. The molecule has 0 radical (unpaired) electrons. The minimum Gasteiger partial charge on any atom is -0.496 e. The molecule has 25 heavy (non-hydrogen) atoms. The molecule has 1 saturated heterocycles. The van der Waals surface area contributed by atoms with Crippen LogP contribution in [0.2, 0.25) is 0 Å². The first-order chi connectivity index (χ1) is 12.0. The van der Waals surface area contributed by atoms with Crippen molar-refractivity contribution >= 4 is 5.91 Å². The highest BCUT2D eigenvalue weighted by Gasteiger charge is 2.29. The number of rotatable bonds is 4. The number of piperazine rings is 1. The van der Waals surface area contributed by atoms with Crippen LogP contribution in [0.4, 0.5) is 0 Å². The molecular weight excluding hydrogens is 318 g/mol. The number of nitrogens with zero attached hydrogens (tertiary/aromatic N) is 3. The predicted molar refractivity (Wildman–Crippen MR) is 94.9 cm³/mol. The van der Waals surface area contributed by atoms with Crippen molar-refractivity contribution in [3.8, 4) is 5.75 Å². The molecule has 0 N–H and O–H groups in total. The summed E-state index contributed by atoms with van der Waals surface area (Å²) in [6.45, 7) is 8.74. The third kappa shape index (κ3) is 3.54. The Morgan fingerprint density at radius 1 is 1.20 bits per heavy atom. The molecule has 0 spiro atoms. The molecule has 134 valence electrons. The molecule has 1 amide bonds. The number of amides is 1. The van der Waals surface area contributed by atoms with Gasteiger partial charge in [-0.05, 0) is 19.9 Å². The second-order valence-corrected chi connectivity index (χ2v) is 6.39. The number of methoxy groups -OCH3 is 1. The molecule has 1 aliphatic rings. The van der Waals surface area contributed by atoms with Crippen LogP contribution in [0.25, 0.3) is 0 Å². The van der Waals surface area contributed by atoms with Crippen LogP contribution in [0.3, 0.4) is 0 Å². The number of hydrogen-bond donors (Lipinski definition) is 0. The maximum Gasteiger partial charge on any atom is 0.291 e. The topological polar surface area (TPSA) is 58.8 Å². The summed E-state index contributed by atoms with van der Waals surface area (Å²) in [6, 6.07) is 8.33. The number of para-hydroxylation sites is 1. The zero-order chi connectivity index (χ0) is 18.0. The lowest BCUT2D eigenvalue weighted by Gasteiger charge is -2.38. The van der Waals surface area contributed by atoms with Crippen LogP contribution in [0.5, 0.6) is 5.75 Å². The lowest BCUT2D eigenvalue weighted by molar-refractivity contribution is 0.0549. The zero-order valence-corrected chi connectivity index (χ0v) is 15.3. The Bertz CT molecular complexity index is 748. The van der Waals surface area contributed by atoms with Crippen LogP contribution in [0.1, 0.15) is 40.7 Å². The van der Waals surface area contributed by atoms with Gasteiger partial charge in [0.2, 0.25) is 5.76 Å². The molecule has 2 aromatic rings. The van der Waals surface area contributed by atoms with E-state index < -0.39 is 0 Å². The molecule has 0 saturated carbocycles. The van der Waals surface area contributed by atoms with Crippen molar-refractivity contribution in [1.29, 1.82) is 0 Å². The average molecular weight is 343 g/mol. The summed E-state index contributed by atoms with van der Waals surface area (Å²) >= 11 is 0. The molecule has 1 aliphatic heterocycles. The van der Waals surface area contributed by atoms with Crippen LogP contribution >= 0.6 is 0 Å². The number of hydrogen-bond acceptors (Lipinski definition) is 5. The van der Waals surface area contributed by atoms with Gasteiger partial charge in [-0.2, -0.15) is 0 Å². The van der Waals surface area contributed by atoms with E-state index in [1.807, 2.05) is 30.0 Å². The van der Waals surface area contributed by atoms with E-state index in [-0.39, 0.29) is 11.9 Å². The summed E-state index contributed by atoms with van der Waals surface area (Å²) in [5.41, 5.74) is 1.83. The Balaban J connectivity index is 1.65. The van der Waals surface area contributed by atoms with Crippen molar-refractivity contribution < 1.29 is 13.9 Å². The van der Waals surface area contributed by atoms with Gasteiger partial charge >= 0.3 is 0 Å². The maximum absolute atomic E-state index is 12.6. The molecule has 0 bridgehead atoms. The van der Waals surface area contributed by atoms with Gasteiger partial charge in [0, 0.05) is 44.7 Å². The molecule has 1 aromatic carbocycles. The van der Waals surface area contributed by atoms with Crippen molar-refractivity contribution in [2.24, 2.45) is 0 Å². The number of aryl methyl sites for hydroxylation is 2. The second-order valence-electron chi connectivity index (χ2n) is 6.39. The van der Waals surface area contributed by atoms with E-state index in [0.717, 1.165) is 18.8 Å². The number of ether oxygens (including phenoxy) is 1. The Morgan fingerprint density at radius 2 is 1.88 bits per heavy atom. The van der Waals surface area contributed by atoms with Gasteiger partial charge < -0.3 is 14.1 Å². The highest BCUT2D eigenvalue weighted by Crippen LogP contribution is 2.29. The second kappa shape index (κ2) is 7.27. The normalized spacial score (nSPS) is 16.7. The number of oxazole rings is 1. The van der Waals surface area contributed by atoms with Gasteiger partial charge in [0.25, 0.3) is 5.91 Å². The van der Waals surface area contributed by atoms with E-state index in [1.54, 1.807) is 14.0 Å². The fraction of sp³-hybridized carbons (Fsp3) is 0.474. The fourth-order valence-electron chi connectivity index (χ4n) is 3.39. The molecule has 0 aliphatic carbocycles. The van der Waals surface area contributed by atoms with Gasteiger partial charge in [-0.3, -0.25) is 9.69 Å². The first kappa shape index (κ1) is 17.5. The summed E-state index contributed by atoms with van der Waals surface area (Å²) in [5.74, 6) is 1.73. The van der Waals surface area contributed by atoms with E-state index in [0.29, 0.717) is 30.4 Å². The van der Waals surface area contributed by atoms with Gasteiger partial charge in [-0.25, -0.2) is 4.98 Å². The standard InChI is InChI=1S/C19H25N3O3/c1-13-18(25-15(3)20-13)19(23)22-11-9-21(10-12-22)14(2)16-7-5-6-8-17(16)24-4/h5-8,14H,9-12H2,1-4H3/t14-/m1/s1. The first-order valence-corrected chi connectivity index (χ1v) is 8.61. The van der Waals surface area contributed by atoms with E-state index in [4.69, 9.17) is 9.15 Å². The van der Waals surface area contributed by atoms with E-state index in [2.05, 4.69) is 22.9 Å². The Morgan fingerprint density at radius 3 is 2.48 bits per heavy atom. The van der Waals surface area contributed by atoms with Crippen LogP contribution in [-0.2, 0) is 0 Å². The van der Waals surface area contributed by atoms with Crippen molar-refractivity contribution in [2.75, 3.05) is 33.3 Å². The van der Waals surface area contributed by atoms with Gasteiger partial charge in [0.1, 0.15) is 5.75 Å². The van der Waals surface area contributed by atoms with Crippen molar-refractivity contribution in [3.05, 3.63) is 47.2 Å². The fourth-order valence-corrected chi connectivity index (χ4v) is 3.39. The van der Waals surface area contributed by atoms with Crippen LogP contribution in [-0.4, -0.2) is 54.0 Å². The molecule has 1 atom stereocenters. The minimum absolute atomic E-state index is 0.0669. The van der Waals surface area contributed by atoms with Gasteiger partial charge in [0.15, 0.2) is 5.89 Å². The number of carbonyl (C=O) groups is 1. The lowest BCUT2D eigenvalue weighted by atomic mass is 10.0. The van der Waals surface area contributed by atoms with Gasteiger partial charge in [-0.15, -0.1) is 0 Å². The summed E-state index contributed by atoms with van der Waals surface area (Å²) < 4.78 is 11.0. The lowest BCUT2D eigenvalue weighted by Crippen LogP contribution is -2.49. The third-order valence-electron chi connectivity index (χ3n) is 4.84. The van der Waals surface area contributed by atoms with Crippen LogP contribution < -0.4 is 4.74 Å². The summed E-state index contributed by atoms with van der Waals surface area (Å²) in [5, 5.41) is 0. The molecule has 6 nitrogen and oxygen atoms in total. The maximum atomic E-state index is 12.6. The number of aromatic nitrogens is 1. The third-order valence-corrected chi connectivity index (χ3v) is 4.84. The molecule has 6 heteroatoms. The first-order valence-electron chi connectivity index (χ1n) is 8.61.